The Kier molecular flexibility index (Phi) is 6.81. The number of nitrogens with zero attached hydrogens (tertiary/aromatic N) is 4. The van der Waals surface area contributed by atoms with E-state index < -0.39 is 9.84 Å². The van der Waals surface area contributed by atoms with Gasteiger partial charge in [0, 0.05) is 30.1 Å². The summed E-state index contributed by atoms with van der Waals surface area (Å²) in [7, 11) is -3.26. The van der Waals surface area contributed by atoms with E-state index in [1.54, 1.807) is 24.5 Å². The Morgan fingerprint density at radius 2 is 1.91 bits per heavy atom. The monoisotopic (exact) mass is 505 g/mol. The first kappa shape index (κ1) is 23.7. The van der Waals surface area contributed by atoms with Gasteiger partial charge in [-0.3, -0.25) is 9.69 Å². The van der Waals surface area contributed by atoms with Gasteiger partial charge in [-0.25, -0.2) is 23.4 Å². The van der Waals surface area contributed by atoms with Crippen LogP contribution in [0.3, 0.4) is 0 Å². The number of rotatable bonds is 7. The van der Waals surface area contributed by atoms with Crippen LogP contribution in [0.15, 0.2) is 41.6 Å². The third-order valence-corrected chi connectivity index (χ3v) is 7.66. The van der Waals surface area contributed by atoms with Crippen LogP contribution in [-0.4, -0.2) is 40.4 Å². The molecule has 0 aliphatic carbocycles. The molecule has 1 aromatic carbocycles. The second-order valence-corrected chi connectivity index (χ2v) is 11.9. The second kappa shape index (κ2) is 9.46. The highest BCUT2D eigenvalue weighted by Gasteiger charge is 2.36. The highest BCUT2D eigenvalue weighted by atomic mass is 35.5. The number of hydrogen-bond donors (Lipinski definition) is 1. The third kappa shape index (κ3) is 5.57. The molecule has 0 saturated carbocycles. The Labute approximate surface area is 202 Å². The molecule has 1 atom stereocenters. The van der Waals surface area contributed by atoms with Crippen molar-refractivity contribution in [2.45, 2.75) is 44.3 Å². The first-order valence-corrected chi connectivity index (χ1v) is 13.5. The zero-order valence-electron chi connectivity index (χ0n) is 18.4. The normalized spacial score (nSPS) is 16.2. The molecule has 33 heavy (non-hydrogen) atoms. The highest BCUT2D eigenvalue weighted by Crippen LogP contribution is 2.42. The maximum atomic E-state index is 12.5. The SMILES string of the molecule is CC(C)[C@H]1c2nc(NC(=O)Cc3ccc(S(C)(=O)=O)cc3)sc2CN1Cc1ncc(Cl)cn1. The van der Waals surface area contributed by atoms with Crippen molar-refractivity contribution in [1.82, 2.24) is 19.9 Å². The summed E-state index contributed by atoms with van der Waals surface area (Å²) in [6, 6.07) is 6.45. The fourth-order valence-corrected chi connectivity index (χ4v) is 5.69. The largest absolute Gasteiger partial charge is 0.302 e. The zero-order valence-corrected chi connectivity index (χ0v) is 20.8. The average molecular weight is 506 g/mol. The molecule has 3 heterocycles. The Bertz CT molecular complexity index is 1260. The van der Waals surface area contributed by atoms with E-state index in [1.165, 1.54) is 23.5 Å². The lowest BCUT2D eigenvalue weighted by Gasteiger charge is -2.26. The summed E-state index contributed by atoms with van der Waals surface area (Å²) in [4.78, 5) is 29.5. The lowest BCUT2D eigenvalue weighted by Crippen LogP contribution is -2.27. The fraction of sp³-hybridized carbons (Fsp3) is 0.364. The predicted octanol–water partition coefficient (Wildman–Crippen LogP) is 3.88. The van der Waals surface area contributed by atoms with E-state index in [0.29, 0.717) is 35.0 Å². The summed E-state index contributed by atoms with van der Waals surface area (Å²) in [6.45, 7) is 5.60. The number of aromatic nitrogens is 3. The molecular formula is C22H24ClN5O3S2. The standard InChI is InChI=1S/C22H24ClN5O3S2/c1-13(2)21-20-17(11-28(21)12-18-24-9-15(23)10-25-18)32-22(27-20)26-19(29)8-14-4-6-16(7-5-14)33(3,30)31/h4-7,9-10,13,21H,8,11-12H2,1-3H3,(H,26,27,29)/t21-/m0/s1. The van der Waals surface area contributed by atoms with E-state index in [1.807, 2.05) is 0 Å². The van der Waals surface area contributed by atoms with Gasteiger partial charge in [0.15, 0.2) is 15.0 Å². The van der Waals surface area contributed by atoms with Gasteiger partial charge in [0.1, 0.15) is 5.82 Å². The summed E-state index contributed by atoms with van der Waals surface area (Å²) in [5, 5.41) is 3.97. The summed E-state index contributed by atoms with van der Waals surface area (Å²) in [5.74, 6) is 0.829. The minimum atomic E-state index is -3.26. The van der Waals surface area contributed by atoms with Crippen LogP contribution in [0.5, 0.6) is 0 Å². The van der Waals surface area contributed by atoms with Crippen LogP contribution in [0.2, 0.25) is 5.02 Å². The lowest BCUT2D eigenvalue weighted by atomic mass is 10.0. The van der Waals surface area contributed by atoms with Gasteiger partial charge in [0.2, 0.25) is 5.91 Å². The molecule has 0 saturated heterocycles. The number of hydrogen-bond acceptors (Lipinski definition) is 8. The van der Waals surface area contributed by atoms with Gasteiger partial charge < -0.3 is 5.32 Å². The molecule has 8 nitrogen and oxygen atoms in total. The van der Waals surface area contributed by atoms with Crippen molar-refractivity contribution in [3.05, 3.63) is 63.6 Å². The molecule has 2 aromatic heterocycles. The van der Waals surface area contributed by atoms with Crippen molar-refractivity contribution >= 4 is 43.8 Å². The number of carbonyl (C=O) groups is 1. The Hall–Kier alpha value is -2.40. The number of nitrogens with one attached hydrogen (secondary N) is 1. The van der Waals surface area contributed by atoms with E-state index in [-0.39, 0.29) is 23.3 Å². The molecule has 1 amide bonds. The Balaban J connectivity index is 1.42. The van der Waals surface area contributed by atoms with Gasteiger partial charge in [-0.05, 0) is 23.6 Å². The number of anilines is 1. The lowest BCUT2D eigenvalue weighted by molar-refractivity contribution is -0.115. The minimum Gasteiger partial charge on any atom is -0.302 e. The van der Waals surface area contributed by atoms with E-state index in [0.717, 1.165) is 22.4 Å². The number of fused-ring (bicyclic) bond motifs is 1. The fourth-order valence-electron chi connectivity index (χ4n) is 3.91. The average Bonchev–Trinajstić information content (AvgIpc) is 3.25. The molecule has 11 heteroatoms. The summed E-state index contributed by atoms with van der Waals surface area (Å²) in [5.41, 5.74) is 1.72. The third-order valence-electron chi connectivity index (χ3n) is 5.36. The molecule has 0 bridgehead atoms. The van der Waals surface area contributed by atoms with Gasteiger partial charge in [-0.2, -0.15) is 0 Å². The van der Waals surface area contributed by atoms with Crippen LogP contribution in [0.4, 0.5) is 5.13 Å². The quantitative estimate of drug-likeness (QED) is 0.519. The van der Waals surface area contributed by atoms with Crippen LogP contribution >= 0.6 is 22.9 Å². The zero-order chi connectivity index (χ0) is 23.8. The highest BCUT2D eigenvalue weighted by molar-refractivity contribution is 7.90. The Morgan fingerprint density at radius 1 is 1.24 bits per heavy atom. The number of thiazole rings is 1. The van der Waals surface area contributed by atoms with Gasteiger partial charge in [-0.1, -0.05) is 37.6 Å². The summed E-state index contributed by atoms with van der Waals surface area (Å²) < 4.78 is 23.2. The van der Waals surface area contributed by atoms with Crippen LogP contribution < -0.4 is 5.32 Å². The molecule has 0 spiro atoms. The number of halogens is 1. The van der Waals surface area contributed by atoms with Gasteiger partial charge in [-0.15, -0.1) is 11.3 Å². The van der Waals surface area contributed by atoms with E-state index in [2.05, 4.69) is 34.0 Å². The maximum absolute atomic E-state index is 12.5. The first-order valence-electron chi connectivity index (χ1n) is 10.4. The molecule has 1 aliphatic heterocycles. The molecule has 0 unspecified atom stereocenters. The van der Waals surface area contributed by atoms with Crippen molar-refractivity contribution < 1.29 is 13.2 Å². The van der Waals surface area contributed by atoms with E-state index in [9.17, 15) is 13.2 Å². The molecule has 1 aliphatic rings. The minimum absolute atomic E-state index is 0.102. The summed E-state index contributed by atoms with van der Waals surface area (Å²) >= 11 is 7.37. The molecule has 4 rings (SSSR count). The van der Waals surface area contributed by atoms with Crippen molar-refractivity contribution in [3.63, 3.8) is 0 Å². The number of carbonyl (C=O) groups excluding carboxylic acids is 1. The van der Waals surface area contributed by atoms with Crippen molar-refractivity contribution in [2.75, 3.05) is 11.6 Å². The molecule has 174 valence electrons. The Morgan fingerprint density at radius 3 is 2.52 bits per heavy atom. The molecule has 3 aromatic rings. The first-order chi connectivity index (χ1) is 15.6. The van der Waals surface area contributed by atoms with Gasteiger partial charge in [0.25, 0.3) is 0 Å². The van der Waals surface area contributed by atoms with Crippen molar-refractivity contribution in [2.24, 2.45) is 5.92 Å². The van der Waals surface area contributed by atoms with Gasteiger partial charge in [0.05, 0.1) is 34.6 Å². The number of sulfone groups is 1. The topological polar surface area (TPSA) is 105 Å². The van der Waals surface area contributed by atoms with E-state index in [4.69, 9.17) is 16.6 Å². The van der Waals surface area contributed by atoms with E-state index >= 15 is 0 Å². The van der Waals surface area contributed by atoms with Crippen LogP contribution in [0.1, 0.15) is 41.8 Å². The van der Waals surface area contributed by atoms with Gasteiger partial charge >= 0.3 is 0 Å². The smallest absolute Gasteiger partial charge is 0.230 e. The molecule has 0 fully saturated rings. The maximum Gasteiger partial charge on any atom is 0.230 e. The van der Waals surface area contributed by atoms with Crippen molar-refractivity contribution in [3.8, 4) is 0 Å². The predicted molar refractivity (Wildman–Crippen MR) is 128 cm³/mol. The van der Waals surface area contributed by atoms with Crippen LogP contribution in [0.25, 0.3) is 0 Å². The molecular weight excluding hydrogens is 482 g/mol. The second-order valence-electron chi connectivity index (χ2n) is 8.38. The van der Waals surface area contributed by atoms with Crippen LogP contribution in [0, 0.1) is 5.92 Å². The molecule has 0 radical (unpaired) electrons. The number of benzene rings is 1. The summed E-state index contributed by atoms with van der Waals surface area (Å²) in [6.07, 6.45) is 4.49. The molecule has 1 N–H and O–H groups in total. The van der Waals surface area contributed by atoms with Crippen LogP contribution in [-0.2, 0) is 34.1 Å². The number of amides is 1. The van der Waals surface area contributed by atoms with Crippen molar-refractivity contribution in [1.29, 1.82) is 0 Å².